The monoisotopic (exact) mass is 547 g/mol. The van der Waals surface area contributed by atoms with Crippen LogP contribution in [0.4, 0.5) is 13.2 Å². The second kappa shape index (κ2) is 10.3. The van der Waals surface area contributed by atoms with Crippen LogP contribution in [-0.2, 0) is 17.4 Å². The Labute approximate surface area is 218 Å². The van der Waals surface area contributed by atoms with Crippen molar-refractivity contribution in [3.8, 4) is 11.4 Å². The number of nitrogens with one attached hydrogen (secondary N) is 1. The van der Waals surface area contributed by atoms with Crippen molar-refractivity contribution in [1.82, 2.24) is 24.9 Å². The molecule has 0 radical (unpaired) electrons. The van der Waals surface area contributed by atoms with Crippen LogP contribution in [0.3, 0.4) is 0 Å². The van der Waals surface area contributed by atoms with Gasteiger partial charge in [-0.1, -0.05) is 40.8 Å². The molecule has 5 rings (SSSR count). The fraction of sp³-hybridized carbons (Fsp3) is 0.360. The SMILES string of the molecule is CN(C(=O)Cc1ccc2sc(=O)[nH]c2c1)C(CN1CC[C@H](O)C1)c1cccc(-c2noc(C(F)(F)F)n2)c1. The van der Waals surface area contributed by atoms with E-state index in [9.17, 15) is 27.9 Å². The second-order valence-electron chi connectivity index (χ2n) is 9.29. The molecule has 1 aliphatic heterocycles. The topological polar surface area (TPSA) is 116 Å². The van der Waals surface area contributed by atoms with Crippen LogP contribution in [0.2, 0.25) is 0 Å². The number of thiazole rings is 1. The Bertz CT molecular complexity index is 1510. The summed E-state index contributed by atoms with van der Waals surface area (Å²) in [7, 11) is 1.67. The Balaban J connectivity index is 1.42. The summed E-state index contributed by atoms with van der Waals surface area (Å²) in [5.74, 6) is -1.82. The molecule has 0 saturated carbocycles. The highest BCUT2D eigenvalue weighted by atomic mass is 32.1. The van der Waals surface area contributed by atoms with Crippen LogP contribution in [0.25, 0.3) is 21.6 Å². The van der Waals surface area contributed by atoms with E-state index in [1.165, 1.54) is 0 Å². The van der Waals surface area contributed by atoms with E-state index in [2.05, 4.69) is 19.6 Å². The van der Waals surface area contributed by atoms with Crippen LogP contribution >= 0.6 is 11.3 Å². The molecule has 13 heteroatoms. The molecular formula is C25H24F3N5O4S. The molecule has 1 amide bonds. The number of carbonyl (C=O) groups is 1. The first-order valence-corrected chi connectivity index (χ1v) is 12.7. The Morgan fingerprint density at radius 2 is 2.13 bits per heavy atom. The molecule has 1 unspecified atom stereocenters. The van der Waals surface area contributed by atoms with Crippen molar-refractivity contribution in [2.75, 3.05) is 26.7 Å². The highest BCUT2D eigenvalue weighted by Crippen LogP contribution is 2.31. The number of benzene rings is 2. The van der Waals surface area contributed by atoms with Crippen molar-refractivity contribution in [3.05, 3.63) is 69.1 Å². The van der Waals surface area contributed by atoms with Gasteiger partial charge in [0.15, 0.2) is 0 Å². The van der Waals surface area contributed by atoms with Crippen LogP contribution < -0.4 is 4.87 Å². The maximum Gasteiger partial charge on any atom is 0.471 e. The van der Waals surface area contributed by atoms with Crippen molar-refractivity contribution >= 4 is 27.5 Å². The lowest BCUT2D eigenvalue weighted by Gasteiger charge is -2.32. The smallest absolute Gasteiger partial charge is 0.392 e. The first-order chi connectivity index (χ1) is 18.1. The number of rotatable bonds is 7. The van der Waals surface area contributed by atoms with Crippen molar-refractivity contribution in [2.24, 2.45) is 0 Å². The number of halogens is 3. The van der Waals surface area contributed by atoms with Crippen LogP contribution in [0, 0.1) is 0 Å². The number of aliphatic hydroxyl groups excluding tert-OH is 1. The number of hydrogen-bond acceptors (Lipinski definition) is 8. The number of amides is 1. The van der Waals surface area contributed by atoms with Crippen molar-refractivity contribution in [1.29, 1.82) is 0 Å². The molecule has 0 bridgehead atoms. The molecule has 2 atom stereocenters. The molecule has 1 saturated heterocycles. The number of hydrogen-bond donors (Lipinski definition) is 2. The Hall–Kier alpha value is -3.55. The standard InChI is InChI=1S/C25H24F3N5O4S/c1-32(21(35)10-14-5-6-20-18(9-14)29-24(36)38-20)19(13-33-8-7-17(34)12-33)15-3-2-4-16(11-15)22-30-23(37-31-22)25(26,27)28/h2-6,9,11,17,19,34H,7-8,10,12-13H2,1H3,(H,29,36)/t17-,19?/m0/s1. The normalized spacial score (nSPS) is 17.2. The third-order valence-electron chi connectivity index (χ3n) is 6.58. The fourth-order valence-corrected chi connectivity index (χ4v) is 5.31. The number of aliphatic hydroxyl groups is 1. The van der Waals surface area contributed by atoms with E-state index in [1.54, 1.807) is 54.4 Å². The average molecular weight is 548 g/mol. The number of aromatic nitrogens is 3. The second-order valence-corrected chi connectivity index (χ2v) is 10.3. The molecule has 1 fully saturated rings. The average Bonchev–Trinajstić information content (AvgIpc) is 3.61. The number of nitrogens with zero attached hydrogens (tertiary/aromatic N) is 4. The lowest BCUT2D eigenvalue weighted by Crippen LogP contribution is -2.39. The maximum absolute atomic E-state index is 13.4. The predicted molar refractivity (Wildman–Crippen MR) is 133 cm³/mol. The first kappa shape index (κ1) is 26.1. The van der Waals surface area contributed by atoms with Gasteiger partial charge >= 0.3 is 16.9 Å². The number of alkyl halides is 3. The highest BCUT2D eigenvalue weighted by molar-refractivity contribution is 7.16. The molecule has 38 heavy (non-hydrogen) atoms. The van der Waals surface area contributed by atoms with Gasteiger partial charge in [-0.2, -0.15) is 18.2 Å². The molecule has 2 aromatic heterocycles. The van der Waals surface area contributed by atoms with Gasteiger partial charge in [-0.15, -0.1) is 0 Å². The van der Waals surface area contributed by atoms with Crippen molar-refractivity contribution in [2.45, 2.75) is 31.2 Å². The Morgan fingerprint density at radius 3 is 2.84 bits per heavy atom. The predicted octanol–water partition coefficient (Wildman–Crippen LogP) is 3.47. The third-order valence-corrected chi connectivity index (χ3v) is 7.44. The van der Waals surface area contributed by atoms with E-state index in [0.29, 0.717) is 42.7 Å². The number of likely N-dealkylation sites (N-methyl/N-ethyl adjacent to an activating group) is 1. The molecule has 2 aromatic carbocycles. The zero-order chi connectivity index (χ0) is 27.0. The van der Waals surface area contributed by atoms with Gasteiger partial charge in [0.1, 0.15) is 0 Å². The van der Waals surface area contributed by atoms with Gasteiger partial charge in [-0.05, 0) is 35.7 Å². The summed E-state index contributed by atoms with van der Waals surface area (Å²) in [4.78, 5) is 34.7. The highest BCUT2D eigenvalue weighted by Gasteiger charge is 2.38. The zero-order valence-corrected chi connectivity index (χ0v) is 21.1. The van der Waals surface area contributed by atoms with Crippen LogP contribution in [0.15, 0.2) is 51.8 Å². The molecule has 3 heterocycles. The molecule has 200 valence electrons. The number of fused-ring (bicyclic) bond motifs is 1. The minimum absolute atomic E-state index is 0.0862. The molecule has 4 aromatic rings. The molecule has 0 spiro atoms. The third kappa shape index (κ3) is 5.64. The minimum Gasteiger partial charge on any atom is -0.392 e. The van der Waals surface area contributed by atoms with Gasteiger partial charge in [-0.3, -0.25) is 14.5 Å². The van der Waals surface area contributed by atoms with Gasteiger partial charge < -0.3 is 19.5 Å². The van der Waals surface area contributed by atoms with Gasteiger partial charge in [0.2, 0.25) is 11.7 Å². The minimum atomic E-state index is -4.76. The van der Waals surface area contributed by atoms with Crippen molar-refractivity contribution in [3.63, 3.8) is 0 Å². The number of β-amino-alcohol motifs (C(OH)–C–C–N with tert-alkyl or cyclic N) is 1. The van der Waals surface area contributed by atoms with Crippen LogP contribution in [0.5, 0.6) is 0 Å². The lowest BCUT2D eigenvalue weighted by atomic mass is 10.0. The summed E-state index contributed by atoms with van der Waals surface area (Å²) in [6.45, 7) is 1.53. The van der Waals surface area contributed by atoms with E-state index >= 15 is 0 Å². The van der Waals surface area contributed by atoms with Crippen molar-refractivity contribution < 1.29 is 27.6 Å². The largest absolute Gasteiger partial charge is 0.471 e. The molecule has 1 aliphatic rings. The maximum atomic E-state index is 13.4. The summed E-state index contributed by atoms with van der Waals surface area (Å²) >= 11 is 1.10. The lowest BCUT2D eigenvalue weighted by molar-refractivity contribution is -0.159. The van der Waals surface area contributed by atoms with E-state index in [4.69, 9.17) is 0 Å². The van der Waals surface area contributed by atoms with Crippen LogP contribution in [-0.4, -0.2) is 68.7 Å². The van der Waals surface area contributed by atoms with E-state index in [0.717, 1.165) is 21.6 Å². The number of aromatic amines is 1. The number of likely N-dealkylation sites (tertiary alicyclic amines) is 1. The number of carbonyl (C=O) groups excluding carboxylic acids is 1. The summed E-state index contributed by atoms with van der Waals surface area (Å²) < 4.78 is 44.1. The quantitative estimate of drug-likeness (QED) is 0.364. The van der Waals surface area contributed by atoms with E-state index in [1.807, 2.05) is 4.90 Å². The van der Waals surface area contributed by atoms with E-state index < -0.39 is 24.2 Å². The Kier molecular flexibility index (Phi) is 7.07. The fourth-order valence-electron chi connectivity index (χ4n) is 4.60. The van der Waals surface area contributed by atoms with Crippen LogP contribution in [0.1, 0.15) is 29.5 Å². The summed E-state index contributed by atoms with van der Waals surface area (Å²) in [5, 5.41) is 13.5. The summed E-state index contributed by atoms with van der Waals surface area (Å²) in [6.07, 6.45) is -4.51. The van der Waals surface area contributed by atoms with Gasteiger partial charge in [0.25, 0.3) is 0 Å². The molecule has 0 aliphatic carbocycles. The summed E-state index contributed by atoms with van der Waals surface area (Å²) in [5.41, 5.74) is 2.40. The van der Waals surface area contributed by atoms with Gasteiger partial charge in [0.05, 0.1) is 28.8 Å². The first-order valence-electron chi connectivity index (χ1n) is 11.9. The Morgan fingerprint density at radius 1 is 1.32 bits per heavy atom. The zero-order valence-electron chi connectivity index (χ0n) is 20.2. The summed E-state index contributed by atoms with van der Waals surface area (Å²) in [6, 6.07) is 11.6. The molecular weight excluding hydrogens is 523 g/mol. The molecule has 9 nitrogen and oxygen atoms in total. The van der Waals surface area contributed by atoms with Gasteiger partial charge in [0, 0.05) is 32.2 Å². The van der Waals surface area contributed by atoms with Gasteiger partial charge in [-0.25, -0.2) is 0 Å². The van der Waals surface area contributed by atoms with E-state index in [-0.39, 0.29) is 23.0 Å². The number of H-pyrrole nitrogens is 1. The molecule has 2 N–H and O–H groups in total.